The zero-order valence-corrected chi connectivity index (χ0v) is 11.4. The van der Waals surface area contributed by atoms with E-state index in [1.165, 1.54) is 4.57 Å². The molecule has 0 atom stereocenters. The van der Waals surface area contributed by atoms with Crippen molar-refractivity contribution in [2.24, 2.45) is 0 Å². The highest BCUT2D eigenvalue weighted by Gasteiger charge is 2.14. The van der Waals surface area contributed by atoms with E-state index in [0.717, 1.165) is 0 Å². The third kappa shape index (κ3) is 2.93. The number of carboxylic acid groups (broad SMARTS) is 1. The van der Waals surface area contributed by atoms with Crippen molar-refractivity contribution in [3.05, 3.63) is 45.9 Å². The molecule has 0 unspecified atom stereocenters. The minimum absolute atomic E-state index is 0.132. The molecule has 0 aromatic carbocycles. The molecule has 0 radical (unpaired) electrons. The molecule has 1 N–H and O–H groups in total. The summed E-state index contributed by atoms with van der Waals surface area (Å²) >= 11 is 0. The van der Waals surface area contributed by atoms with Gasteiger partial charge in [-0.25, -0.2) is 4.79 Å². The van der Waals surface area contributed by atoms with Crippen LogP contribution in [0.5, 0.6) is 0 Å². The summed E-state index contributed by atoms with van der Waals surface area (Å²) in [5.74, 6) is -0.935. The predicted octanol–water partition coefficient (Wildman–Crippen LogP) is 0.384. The van der Waals surface area contributed by atoms with Crippen molar-refractivity contribution in [1.29, 1.82) is 0 Å². The van der Waals surface area contributed by atoms with Crippen LogP contribution in [0.25, 0.3) is 0 Å². The van der Waals surface area contributed by atoms with Gasteiger partial charge < -0.3 is 5.11 Å². The van der Waals surface area contributed by atoms with Gasteiger partial charge in [0.2, 0.25) is 0 Å². The van der Waals surface area contributed by atoms with Crippen LogP contribution in [0, 0.1) is 13.8 Å². The quantitative estimate of drug-likeness (QED) is 0.852. The van der Waals surface area contributed by atoms with Gasteiger partial charge in [0.15, 0.2) is 0 Å². The Morgan fingerprint density at radius 2 is 2.10 bits per heavy atom. The summed E-state index contributed by atoms with van der Waals surface area (Å²) in [6.07, 6.45) is 3.34. The first-order valence-electron chi connectivity index (χ1n) is 6.25. The Morgan fingerprint density at radius 3 is 2.70 bits per heavy atom. The molecule has 0 amide bonds. The van der Waals surface area contributed by atoms with Crippen molar-refractivity contribution < 1.29 is 9.90 Å². The van der Waals surface area contributed by atoms with E-state index in [-0.39, 0.29) is 12.1 Å². The van der Waals surface area contributed by atoms with Crippen molar-refractivity contribution in [2.75, 3.05) is 0 Å². The number of carboxylic acids is 1. The highest BCUT2D eigenvalue weighted by Crippen LogP contribution is 2.10. The summed E-state index contributed by atoms with van der Waals surface area (Å²) < 4.78 is 3.20. The van der Waals surface area contributed by atoms with Crippen molar-refractivity contribution in [2.45, 2.75) is 33.4 Å². The molecule has 0 bridgehead atoms. The minimum Gasteiger partial charge on any atom is -0.481 e. The summed E-state index contributed by atoms with van der Waals surface area (Å²) in [5, 5.41) is 13.0. The zero-order chi connectivity index (χ0) is 14.7. The molecular weight excluding hydrogens is 260 g/mol. The molecule has 0 aliphatic heterocycles. The van der Waals surface area contributed by atoms with Crippen LogP contribution in [0.1, 0.15) is 17.0 Å². The summed E-state index contributed by atoms with van der Waals surface area (Å²) in [6, 6.07) is 1.80. The lowest BCUT2D eigenvalue weighted by molar-refractivity contribution is -0.136. The smallest absolute Gasteiger partial charge is 0.348 e. The molecule has 7 heteroatoms. The summed E-state index contributed by atoms with van der Waals surface area (Å²) in [7, 11) is 0. The first-order chi connectivity index (χ1) is 9.49. The molecule has 20 heavy (non-hydrogen) atoms. The maximum Gasteiger partial charge on any atom is 0.348 e. The second-order valence-corrected chi connectivity index (χ2v) is 4.54. The van der Waals surface area contributed by atoms with Crippen molar-refractivity contribution in [1.82, 2.24) is 19.3 Å². The van der Waals surface area contributed by atoms with Gasteiger partial charge in [-0.2, -0.15) is 10.1 Å². The third-order valence-electron chi connectivity index (χ3n) is 3.21. The van der Waals surface area contributed by atoms with Crippen LogP contribution in [0.15, 0.2) is 23.3 Å². The largest absolute Gasteiger partial charge is 0.481 e. The van der Waals surface area contributed by atoms with Gasteiger partial charge in [-0.15, -0.1) is 0 Å². The normalized spacial score (nSPS) is 10.7. The number of nitrogens with zero attached hydrogens (tertiary/aromatic N) is 4. The van der Waals surface area contributed by atoms with Crippen LogP contribution >= 0.6 is 0 Å². The van der Waals surface area contributed by atoms with Gasteiger partial charge in [0.25, 0.3) is 0 Å². The van der Waals surface area contributed by atoms with Gasteiger partial charge in [-0.1, -0.05) is 0 Å². The first kappa shape index (κ1) is 14.0. The topological polar surface area (TPSA) is 90.0 Å². The monoisotopic (exact) mass is 276 g/mol. The zero-order valence-electron chi connectivity index (χ0n) is 11.4. The Hall–Kier alpha value is -2.44. The van der Waals surface area contributed by atoms with E-state index in [1.807, 2.05) is 0 Å². The number of rotatable bonds is 5. The van der Waals surface area contributed by atoms with Crippen LogP contribution in [-0.2, 0) is 24.3 Å². The third-order valence-corrected chi connectivity index (χ3v) is 3.21. The number of aromatic nitrogens is 4. The van der Waals surface area contributed by atoms with Gasteiger partial charge in [0, 0.05) is 35.9 Å². The van der Waals surface area contributed by atoms with Crippen molar-refractivity contribution >= 4 is 5.97 Å². The summed E-state index contributed by atoms with van der Waals surface area (Å²) in [6.45, 7) is 4.35. The van der Waals surface area contributed by atoms with E-state index in [2.05, 4.69) is 10.1 Å². The van der Waals surface area contributed by atoms with Crippen LogP contribution < -0.4 is 5.69 Å². The van der Waals surface area contributed by atoms with E-state index in [1.54, 1.807) is 37.0 Å². The minimum atomic E-state index is -0.935. The second kappa shape index (κ2) is 5.68. The SMILES string of the molecule is Cc1nc(=O)n(CCn2cccn2)c(C)c1CC(=O)O. The van der Waals surface area contributed by atoms with Gasteiger partial charge in [0.05, 0.1) is 13.0 Å². The molecule has 0 fully saturated rings. The Bertz CT molecular complexity index is 674. The Morgan fingerprint density at radius 1 is 1.35 bits per heavy atom. The van der Waals surface area contributed by atoms with Gasteiger partial charge in [0.1, 0.15) is 0 Å². The Labute approximate surface area is 115 Å². The molecule has 2 rings (SSSR count). The van der Waals surface area contributed by atoms with E-state index < -0.39 is 5.97 Å². The number of carbonyl (C=O) groups is 1. The van der Waals surface area contributed by atoms with Crippen LogP contribution in [0.3, 0.4) is 0 Å². The van der Waals surface area contributed by atoms with Crippen LogP contribution in [0.4, 0.5) is 0 Å². The molecule has 0 aliphatic carbocycles. The molecule has 0 aliphatic rings. The second-order valence-electron chi connectivity index (χ2n) is 4.54. The molecule has 106 valence electrons. The molecule has 2 heterocycles. The summed E-state index contributed by atoms with van der Waals surface area (Å²) in [5.41, 5.74) is 1.36. The highest BCUT2D eigenvalue weighted by atomic mass is 16.4. The van der Waals surface area contributed by atoms with Crippen LogP contribution in [-0.4, -0.2) is 30.4 Å². The maximum absolute atomic E-state index is 11.9. The average molecular weight is 276 g/mol. The fraction of sp³-hybridized carbons (Fsp3) is 0.385. The number of hydrogen-bond donors (Lipinski definition) is 1. The molecule has 0 spiro atoms. The standard InChI is InChI=1S/C13H16N4O3/c1-9-11(8-12(18)19)10(2)17(13(20)15-9)7-6-16-5-3-4-14-16/h3-5H,6-8H2,1-2H3,(H,18,19). The maximum atomic E-state index is 11.9. The van der Waals surface area contributed by atoms with E-state index in [9.17, 15) is 9.59 Å². The fourth-order valence-corrected chi connectivity index (χ4v) is 2.15. The lowest BCUT2D eigenvalue weighted by atomic mass is 10.1. The van der Waals surface area contributed by atoms with E-state index in [4.69, 9.17) is 5.11 Å². The van der Waals surface area contributed by atoms with E-state index in [0.29, 0.717) is 30.0 Å². The average Bonchev–Trinajstić information content (AvgIpc) is 2.87. The Kier molecular flexibility index (Phi) is 3.97. The molecule has 0 saturated carbocycles. The van der Waals surface area contributed by atoms with Gasteiger partial charge >= 0.3 is 11.7 Å². The molecular formula is C13H16N4O3. The highest BCUT2D eigenvalue weighted by molar-refractivity contribution is 5.70. The molecule has 2 aromatic heterocycles. The number of aliphatic carboxylic acids is 1. The Balaban J connectivity index is 2.32. The van der Waals surface area contributed by atoms with Crippen LogP contribution in [0.2, 0.25) is 0 Å². The molecule has 7 nitrogen and oxygen atoms in total. The van der Waals surface area contributed by atoms with Crippen molar-refractivity contribution in [3.8, 4) is 0 Å². The lowest BCUT2D eigenvalue weighted by Crippen LogP contribution is -2.30. The first-order valence-corrected chi connectivity index (χ1v) is 6.25. The van der Waals surface area contributed by atoms with Gasteiger partial charge in [-0.3, -0.25) is 14.0 Å². The predicted molar refractivity (Wildman–Crippen MR) is 71.5 cm³/mol. The lowest BCUT2D eigenvalue weighted by Gasteiger charge is -2.14. The number of aryl methyl sites for hydroxylation is 2. The fourth-order valence-electron chi connectivity index (χ4n) is 2.15. The van der Waals surface area contributed by atoms with Crippen molar-refractivity contribution in [3.63, 3.8) is 0 Å². The van der Waals surface area contributed by atoms with E-state index >= 15 is 0 Å². The summed E-state index contributed by atoms with van der Waals surface area (Å²) in [4.78, 5) is 26.7. The van der Waals surface area contributed by atoms with Gasteiger partial charge in [-0.05, 0) is 19.9 Å². The molecule has 0 saturated heterocycles. The number of hydrogen-bond acceptors (Lipinski definition) is 4. The molecule has 2 aromatic rings.